The maximum atomic E-state index is 12.6. The molecule has 0 aliphatic rings. The van der Waals surface area contributed by atoms with E-state index in [9.17, 15) is 9.59 Å². The first kappa shape index (κ1) is 42.3. The van der Waals surface area contributed by atoms with E-state index >= 15 is 0 Å². The van der Waals surface area contributed by atoms with Crippen molar-refractivity contribution in [3.05, 3.63) is 24.3 Å². The average Bonchev–Trinajstić information content (AvgIpc) is 3.00. The first-order chi connectivity index (χ1) is 21.4. The van der Waals surface area contributed by atoms with Gasteiger partial charge in [-0.1, -0.05) is 115 Å². The van der Waals surface area contributed by atoms with Crippen molar-refractivity contribution in [3.63, 3.8) is 0 Å². The third-order valence-corrected chi connectivity index (χ3v) is 8.04. The maximum Gasteiger partial charge on any atom is 0.306 e. The summed E-state index contributed by atoms with van der Waals surface area (Å²) >= 11 is 0. The standard InChI is InChI=1S/C38H72N2O4/c1-5-7-9-11-13-15-17-19-21-23-25-27-29-31-37(41)43-35(33-39)36(34-40(3)4)44-38(42)32-30-28-26-24-22-20-18-16-14-12-10-8-6-2/h15-18,35-36H,5-14,19-34,39H2,1-4H3/b17-15-,18-16-. The number of allylic oxidation sites excluding steroid dienone is 4. The number of likely N-dealkylation sites (N-methyl/N-ethyl adjacent to an activating group) is 1. The quantitative estimate of drug-likeness (QED) is 0.0458. The summed E-state index contributed by atoms with van der Waals surface area (Å²) < 4.78 is 11.5. The third kappa shape index (κ3) is 29.1. The topological polar surface area (TPSA) is 81.9 Å². The normalized spacial score (nSPS) is 13.2. The summed E-state index contributed by atoms with van der Waals surface area (Å²) in [6, 6.07) is 0. The van der Waals surface area contributed by atoms with Gasteiger partial charge in [0.2, 0.25) is 0 Å². The molecule has 44 heavy (non-hydrogen) atoms. The van der Waals surface area contributed by atoms with Crippen molar-refractivity contribution in [3.8, 4) is 0 Å². The number of carbonyl (C=O) groups excluding carboxylic acids is 2. The summed E-state index contributed by atoms with van der Waals surface area (Å²) in [6.45, 7) is 5.10. The maximum absolute atomic E-state index is 12.6. The Balaban J connectivity index is 4.11. The van der Waals surface area contributed by atoms with Crippen molar-refractivity contribution in [1.82, 2.24) is 4.90 Å². The SMILES string of the molecule is CCCCCC/C=C\CCCCCCCC(=O)OC(CN)C(CN(C)C)OC(=O)CCCCCCC/C=C\CCCCCC. The number of ether oxygens (including phenoxy) is 2. The summed E-state index contributed by atoms with van der Waals surface area (Å²) in [4.78, 5) is 27.1. The van der Waals surface area contributed by atoms with Gasteiger partial charge in [0.1, 0.15) is 0 Å². The number of unbranched alkanes of at least 4 members (excludes halogenated alkanes) is 18. The van der Waals surface area contributed by atoms with E-state index in [4.69, 9.17) is 15.2 Å². The lowest BCUT2D eigenvalue weighted by molar-refractivity contribution is -0.168. The van der Waals surface area contributed by atoms with Crippen LogP contribution in [0.3, 0.4) is 0 Å². The summed E-state index contributed by atoms with van der Waals surface area (Å²) in [7, 11) is 3.84. The number of hydrogen-bond donors (Lipinski definition) is 1. The second-order valence-electron chi connectivity index (χ2n) is 12.8. The van der Waals surface area contributed by atoms with Gasteiger partial charge in [-0.25, -0.2) is 0 Å². The fraction of sp³-hybridized carbons (Fsp3) is 0.842. The second-order valence-corrected chi connectivity index (χ2v) is 12.8. The van der Waals surface area contributed by atoms with E-state index in [2.05, 4.69) is 38.2 Å². The molecule has 6 nitrogen and oxygen atoms in total. The zero-order valence-electron chi connectivity index (χ0n) is 29.5. The van der Waals surface area contributed by atoms with Crippen LogP contribution in [-0.4, -0.2) is 56.2 Å². The molecule has 0 saturated carbocycles. The lowest BCUT2D eigenvalue weighted by atomic mass is 10.1. The van der Waals surface area contributed by atoms with Crippen molar-refractivity contribution in [2.45, 2.75) is 180 Å². The van der Waals surface area contributed by atoms with E-state index in [0.29, 0.717) is 19.4 Å². The third-order valence-electron chi connectivity index (χ3n) is 8.04. The molecule has 6 heteroatoms. The Hall–Kier alpha value is -1.66. The molecule has 0 aromatic rings. The lowest BCUT2D eigenvalue weighted by Crippen LogP contribution is -2.45. The number of carbonyl (C=O) groups is 2. The van der Waals surface area contributed by atoms with Crippen LogP contribution < -0.4 is 5.73 Å². The van der Waals surface area contributed by atoms with Crippen LogP contribution in [0.2, 0.25) is 0 Å². The minimum atomic E-state index is -0.623. The van der Waals surface area contributed by atoms with Crippen LogP contribution in [0.5, 0.6) is 0 Å². The van der Waals surface area contributed by atoms with E-state index < -0.39 is 12.2 Å². The average molecular weight is 621 g/mol. The van der Waals surface area contributed by atoms with Gasteiger partial charge in [-0.3, -0.25) is 9.59 Å². The van der Waals surface area contributed by atoms with Crippen LogP contribution in [0.25, 0.3) is 0 Å². The molecule has 0 aromatic carbocycles. The van der Waals surface area contributed by atoms with Crippen molar-refractivity contribution in [2.24, 2.45) is 5.73 Å². The lowest BCUT2D eigenvalue weighted by Gasteiger charge is -2.28. The number of rotatable bonds is 32. The van der Waals surface area contributed by atoms with E-state index in [1.165, 1.54) is 89.9 Å². The largest absolute Gasteiger partial charge is 0.457 e. The summed E-state index contributed by atoms with van der Waals surface area (Å²) in [5, 5.41) is 0. The smallest absolute Gasteiger partial charge is 0.306 e. The molecule has 0 amide bonds. The highest BCUT2D eigenvalue weighted by molar-refractivity contribution is 5.70. The Bertz CT molecular complexity index is 707. The van der Waals surface area contributed by atoms with Crippen LogP contribution in [0, 0.1) is 0 Å². The molecule has 2 unspecified atom stereocenters. The van der Waals surface area contributed by atoms with Gasteiger partial charge < -0.3 is 20.1 Å². The minimum Gasteiger partial charge on any atom is -0.457 e. The van der Waals surface area contributed by atoms with Gasteiger partial charge in [0.15, 0.2) is 12.2 Å². The fourth-order valence-corrected chi connectivity index (χ4v) is 5.29. The Morgan fingerprint density at radius 2 is 0.886 bits per heavy atom. The molecule has 2 atom stereocenters. The van der Waals surface area contributed by atoms with Gasteiger partial charge in [0, 0.05) is 25.9 Å². The van der Waals surface area contributed by atoms with E-state index in [1.807, 2.05) is 19.0 Å². The van der Waals surface area contributed by atoms with Gasteiger partial charge >= 0.3 is 11.9 Å². The van der Waals surface area contributed by atoms with Crippen LogP contribution in [0.15, 0.2) is 24.3 Å². The molecule has 0 fully saturated rings. The van der Waals surface area contributed by atoms with Crippen LogP contribution in [0.4, 0.5) is 0 Å². The number of nitrogens with two attached hydrogens (primary N) is 1. The van der Waals surface area contributed by atoms with Gasteiger partial charge in [0.05, 0.1) is 0 Å². The van der Waals surface area contributed by atoms with Gasteiger partial charge in [-0.15, -0.1) is 0 Å². The number of nitrogens with zero attached hydrogens (tertiary/aromatic N) is 1. The highest BCUT2D eigenvalue weighted by atomic mass is 16.6. The molecule has 0 saturated heterocycles. The Kier molecular flexibility index (Phi) is 31.5. The molecule has 0 bridgehead atoms. The van der Waals surface area contributed by atoms with Crippen molar-refractivity contribution in [1.29, 1.82) is 0 Å². The van der Waals surface area contributed by atoms with E-state index in [0.717, 1.165) is 51.4 Å². The Labute approximate surface area is 273 Å². The molecular formula is C38H72N2O4. The monoisotopic (exact) mass is 621 g/mol. The van der Waals surface area contributed by atoms with Crippen molar-refractivity contribution < 1.29 is 19.1 Å². The molecule has 258 valence electrons. The van der Waals surface area contributed by atoms with Gasteiger partial charge in [-0.2, -0.15) is 0 Å². The summed E-state index contributed by atoms with van der Waals surface area (Å²) in [5.41, 5.74) is 5.98. The van der Waals surface area contributed by atoms with Crippen molar-refractivity contribution in [2.75, 3.05) is 27.2 Å². The van der Waals surface area contributed by atoms with Gasteiger partial charge in [-0.05, 0) is 78.3 Å². The summed E-state index contributed by atoms with van der Waals surface area (Å²) in [5.74, 6) is -0.485. The van der Waals surface area contributed by atoms with Crippen molar-refractivity contribution >= 4 is 11.9 Å². The molecule has 0 spiro atoms. The molecular weight excluding hydrogens is 548 g/mol. The zero-order valence-corrected chi connectivity index (χ0v) is 29.5. The summed E-state index contributed by atoms with van der Waals surface area (Å²) in [6.07, 6.45) is 35.0. The molecule has 0 aliphatic carbocycles. The van der Waals surface area contributed by atoms with Crippen LogP contribution in [0.1, 0.15) is 168 Å². The second kappa shape index (κ2) is 32.7. The number of hydrogen-bond acceptors (Lipinski definition) is 6. The molecule has 0 aromatic heterocycles. The minimum absolute atomic E-state index is 0.136. The number of esters is 2. The first-order valence-corrected chi connectivity index (χ1v) is 18.5. The zero-order chi connectivity index (χ0) is 32.5. The van der Waals surface area contributed by atoms with Crippen LogP contribution >= 0.6 is 0 Å². The first-order valence-electron chi connectivity index (χ1n) is 18.5. The van der Waals surface area contributed by atoms with E-state index in [-0.39, 0.29) is 18.5 Å². The highest BCUT2D eigenvalue weighted by Crippen LogP contribution is 2.14. The predicted octanol–water partition coefficient (Wildman–Crippen LogP) is 9.84. The molecule has 0 rings (SSSR count). The highest BCUT2D eigenvalue weighted by Gasteiger charge is 2.28. The predicted molar refractivity (Wildman–Crippen MR) is 188 cm³/mol. The molecule has 2 N–H and O–H groups in total. The molecule has 0 radical (unpaired) electrons. The molecule has 0 aliphatic heterocycles. The molecule has 0 heterocycles. The Morgan fingerprint density at radius 3 is 1.25 bits per heavy atom. The van der Waals surface area contributed by atoms with Crippen LogP contribution in [-0.2, 0) is 19.1 Å². The fourth-order valence-electron chi connectivity index (χ4n) is 5.29. The van der Waals surface area contributed by atoms with Gasteiger partial charge in [0.25, 0.3) is 0 Å². The van der Waals surface area contributed by atoms with E-state index in [1.54, 1.807) is 0 Å². The Morgan fingerprint density at radius 1 is 0.545 bits per heavy atom.